The molecule has 0 bridgehead atoms. The van der Waals surface area contributed by atoms with Crippen LogP contribution in [0.25, 0.3) is 0 Å². The standard InChI is InChI=1S/C5H9ClO/c1-2-3-4-5(6)7-4/h4-5H,2-3H2,1H3. The summed E-state index contributed by atoms with van der Waals surface area (Å²) in [4.78, 5) is 0. The summed E-state index contributed by atoms with van der Waals surface area (Å²) in [6.45, 7) is 2.13. The second-order valence-electron chi connectivity index (χ2n) is 1.81. The average Bonchev–Trinajstić information content (AvgIpc) is 2.22. The predicted octanol–water partition coefficient (Wildman–Crippen LogP) is 1.75. The molecule has 7 heavy (non-hydrogen) atoms. The van der Waals surface area contributed by atoms with Crippen molar-refractivity contribution < 1.29 is 4.74 Å². The molecule has 0 aliphatic carbocycles. The predicted molar refractivity (Wildman–Crippen MR) is 29.4 cm³/mol. The van der Waals surface area contributed by atoms with Gasteiger partial charge >= 0.3 is 0 Å². The third kappa shape index (κ3) is 1.32. The first kappa shape index (κ1) is 5.39. The highest BCUT2D eigenvalue weighted by Gasteiger charge is 2.35. The normalized spacial score (nSPS) is 38.6. The highest BCUT2D eigenvalue weighted by Crippen LogP contribution is 2.29. The number of ether oxygens (including phenoxy) is 1. The van der Waals surface area contributed by atoms with Crippen LogP contribution in [0.2, 0.25) is 0 Å². The summed E-state index contributed by atoms with van der Waals surface area (Å²) in [6.07, 6.45) is 2.67. The number of rotatable bonds is 2. The molecule has 1 heterocycles. The minimum atomic E-state index is 0.0416. The number of halogens is 1. The van der Waals surface area contributed by atoms with Crippen molar-refractivity contribution in [1.29, 1.82) is 0 Å². The van der Waals surface area contributed by atoms with Gasteiger partial charge in [-0.25, -0.2) is 0 Å². The second kappa shape index (κ2) is 2.01. The SMILES string of the molecule is CCCC1OC1Cl. The van der Waals surface area contributed by atoms with Gasteiger partial charge in [-0.1, -0.05) is 24.9 Å². The summed E-state index contributed by atoms with van der Waals surface area (Å²) in [5, 5.41) is 0. The number of hydrogen-bond donors (Lipinski definition) is 0. The Balaban J connectivity index is 1.98. The molecule has 1 fully saturated rings. The Bertz CT molecular complexity index is 65.1. The molecule has 1 nitrogen and oxygen atoms in total. The van der Waals surface area contributed by atoms with Gasteiger partial charge in [0.1, 0.15) is 0 Å². The summed E-state index contributed by atoms with van der Waals surface area (Å²) in [6, 6.07) is 0. The van der Waals surface area contributed by atoms with Crippen LogP contribution in [0, 0.1) is 0 Å². The van der Waals surface area contributed by atoms with Gasteiger partial charge in [0, 0.05) is 0 Å². The van der Waals surface area contributed by atoms with E-state index in [4.69, 9.17) is 16.3 Å². The molecule has 2 heteroatoms. The first-order valence-electron chi connectivity index (χ1n) is 2.64. The molecule has 0 aromatic heterocycles. The quantitative estimate of drug-likeness (QED) is 0.400. The molecule has 2 atom stereocenters. The van der Waals surface area contributed by atoms with E-state index >= 15 is 0 Å². The van der Waals surface area contributed by atoms with Crippen LogP contribution in [0.3, 0.4) is 0 Å². The van der Waals surface area contributed by atoms with E-state index in [-0.39, 0.29) is 5.56 Å². The van der Waals surface area contributed by atoms with Crippen molar-refractivity contribution in [3.8, 4) is 0 Å². The van der Waals surface area contributed by atoms with Crippen LogP contribution in [0.4, 0.5) is 0 Å². The van der Waals surface area contributed by atoms with Crippen LogP contribution in [-0.4, -0.2) is 11.7 Å². The van der Waals surface area contributed by atoms with Gasteiger partial charge in [0.2, 0.25) is 0 Å². The molecule has 1 saturated heterocycles. The lowest BCUT2D eigenvalue weighted by Crippen LogP contribution is -1.83. The first-order valence-corrected chi connectivity index (χ1v) is 3.07. The molecule has 0 saturated carbocycles. The molecule has 42 valence electrons. The fraction of sp³-hybridized carbons (Fsp3) is 1.00. The Kier molecular flexibility index (Phi) is 1.55. The van der Waals surface area contributed by atoms with Crippen LogP contribution >= 0.6 is 11.6 Å². The Hall–Kier alpha value is 0.250. The Morgan fingerprint density at radius 1 is 1.71 bits per heavy atom. The molecule has 0 radical (unpaired) electrons. The van der Waals surface area contributed by atoms with Crippen molar-refractivity contribution in [2.24, 2.45) is 0 Å². The number of alkyl halides is 1. The number of epoxide rings is 1. The minimum Gasteiger partial charge on any atom is -0.352 e. The van der Waals surface area contributed by atoms with Crippen molar-refractivity contribution in [2.75, 3.05) is 0 Å². The van der Waals surface area contributed by atoms with Gasteiger partial charge in [-0.3, -0.25) is 0 Å². The minimum absolute atomic E-state index is 0.0416. The maximum absolute atomic E-state index is 5.51. The summed E-state index contributed by atoms with van der Waals surface area (Å²) in [7, 11) is 0. The van der Waals surface area contributed by atoms with Crippen molar-refractivity contribution in [3.05, 3.63) is 0 Å². The summed E-state index contributed by atoms with van der Waals surface area (Å²) in [5.41, 5.74) is 0.0416. The molecule has 0 amide bonds. The maximum Gasteiger partial charge on any atom is 0.157 e. The van der Waals surface area contributed by atoms with E-state index in [0.717, 1.165) is 6.42 Å². The molecule has 0 aromatic carbocycles. The zero-order valence-corrected chi connectivity index (χ0v) is 5.11. The monoisotopic (exact) mass is 120 g/mol. The molecule has 1 rings (SSSR count). The Morgan fingerprint density at radius 2 is 2.29 bits per heavy atom. The first-order chi connectivity index (χ1) is 3.34. The van der Waals surface area contributed by atoms with Crippen LogP contribution < -0.4 is 0 Å². The van der Waals surface area contributed by atoms with E-state index in [9.17, 15) is 0 Å². The van der Waals surface area contributed by atoms with E-state index in [2.05, 4.69) is 6.92 Å². The molecule has 2 unspecified atom stereocenters. The molecule has 1 aliphatic heterocycles. The lowest BCUT2D eigenvalue weighted by atomic mass is 10.3. The van der Waals surface area contributed by atoms with Gasteiger partial charge in [0.05, 0.1) is 6.10 Å². The van der Waals surface area contributed by atoms with Crippen molar-refractivity contribution in [3.63, 3.8) is 0 Å². The van der Waals surface area contributed by atoms with Gasteiger partial charge < -0.3 is 4.74 Å². The van der Waals surface area contributed by atoms with Crippen molar-refractivity contribution in [1.82, 2.24) is 0 Å². The van der Waals surface area contributed by atoms with Crippen molar-refractivity contribution >= 4 is 11.6 Å². The second-order valence-corrected chi connectivity index (χ2v) is 2.24. The maximum atomic E-state index is 5.51. The molecule has 0 aromatic rings. The van der Waals surface area contributed by atoms with Crippen LogP contribution in [0.1, 0.15) is 19.8 Å². The van der Waals surface area contributed by atoms with Crippen LogP contribution in [-0.2, 0) is 4.74 Å². The lowest BCUT2D eigenvalue weighted by Gasteiger charge is -1.80. The van der Waals surface area contributed by atoms with Gasteiger partial charge in [0.25, 0.3) is 0 Å². The fourth-order valence-electron chi connectivity index (χ4n) is 0.605. The summed E-state index contributed by atoms with van der Waals surface area (Å²) in [5.74, 6) is 0. The van der Waals surface area contributed by atoms with E-state index in [1.807, 2.05) is 0 Å². The lowest BCUT2D eigenvalue weighted by molar-refractivity contribution is 0.386. The van der Waals surface area contributed by atoms with Crippen LogP contribution in [0.5, 0.6) is 0 Å². The third-order valence-electron chi connectivity index (χ3n) is 1.09. The van der Waals surface area contributed by atoms with E-state index in [1.165, 1.54) is 6.42 Å². The Labute approximate surface area is 48.6 Å². The van der Waals surface area contributed by atoms with Gasteiger partial charge in [-0.2, -0.15) is 0 Å². The van der Waals surface area contributed by atoms with Gasteiger partial charge in [0.15, 0.2) is 5.56 Å². The van der Waals surface area contributed by atoms with E-state index in [1.54, 1.807) is 0 Å². The average molecular weight is 121 g/mol. The summed E-state index contributed by atoms with van der Waals surface area (Å²) < 4.78 is 4.92. The number of hydrogen-bond acceptors (Lipinski definition) is 1. The molecular formula is C5H9ClO. The fourth-order valence-corrected chi connectivity index (χ4v) is 0.863. The molecular weight excluding hydrogens is 112 g/mol. The van der Waals surface area contributed by atoms with E-state index < -0.39 is 0 Å². The van der Waals surface area contributed by atoms with Gasteiger partial charge in [-0.05, 0) is 6.42 Å². The molecule has 0 N–H and O–H groups in total. The van der Waals surface area contributed by atoms with Crippen LogP contribution in [0.15, 0.2) is 0 Å². The molecule has 0 spiro atoms. The van der Waals surface area contributed by atoms with Gasteiger partial charge in [-0.15, -0.1) is 0 Å². The third-order valence-corrected chi connectivity index (χ3v) is 1.48. The summed E-state index contributed by atoms with van der Waals surface area (Å²) >= 11 is 5.51. The smallest absolute Gasteiger partial charge is 0.157 e. The van der Waals surface area contributed by atoms with E-state index in [0.29, 0.717) is 6.10 Å². The highest BCUT2D eigenvalue weighted by molar-refractivity contribution is 6.21. The Morgan fingerprint density at radius 3 is 2.43 bits per heavy atom. The zero-order chi connectivity index (χ0) is 5.28. The largest absolute Gasteiger partial charge is 0.352 e. The zero-order valence-electron chi connectivity index (χ0n) is 4.36. The van der Waals surface area contributed by atoms with Crippen molar-refractivity contribution in [2.45, 2.75) is 31.4 Å². The topological polar surface area (TPSA) is 12.5 Å². The molecule has 1 aliphatic rings. The highest BCUT2D eigenvalue weighted by atomic mass is 35.5.